The Hall–Kier alpha value is -1.14. The van der Waals surface area contributed by atoms with Crippen molar-refractivity contribution in [2.24, 2.45) is 46.3 Å². The first-order valence-electron chi connectivity index (χ1n) is 11.3. The molecule has 0 bridgehead atoms. The molecule has 0 heterocycles. The third-order valence-electron chi connectivity index (χ3n) is 10.5. The molecule has 8 saturated carbocycles. The van der Waals surface area contributed by atoms with Crippen molar-refractivity contribution in [3.63, 3.8) is 0 Å². The van der Waals surface area contributed by atoms with E-state index in [1.165, 1.54) is 0 Å². The van der Waals surface area contributed by atoms with Crippen molar-refractivity contribution >= 4 is 11.8 Å². The molecule has 152 valence electrons. The van der Waals surface area contributed by atoms with Crippen LogP contribution in [0.4, 0.5) is 0 Å². The number of nitrogens with one attached hydrogen (secondary N) is 2. The van der Waals surface area contributed by atoms with Gasteiger partial charge >= 0.3 is 0 Å². The maximum absolute atomic E-state index is 13.1. The highest BCUT2D eigenvalue weighted by Gasteiger charge is 3.12. The summed E-state index contributed by atoms with van der Waals surface area (Å²) in [5.74, 6) is 3.67. The highest BCUT2D eigenvalue weighted by molar-refractivity contribution is 6.00. The van der Waals surface area contributed by atoms with E-state index in [0.29, 0.717) is 59.5 Å². The lowest BCUT2D eigenvalue weighted by atomic mass is 8.92. The molecule has 0 aromatic rings. The highest BCUT2D eigenvalue weighted by atomic mass is 16.5. The summed E-state index contributed by atoms with van der Waals surface area (Å²) in [7, 11) is 3.53. The Morgan fingerprint density at radius 1 is 0.679 bits per heavy atom. The Bertz CT molecular complexity index is 663. The van der Waals surface area contributed by atoms with Crippen molar-refractivity contribution in [2.45, 2.75) is 62.8 Å². The van der Waals surface area contributed by atoms with Crippen LogP contribution in [0.3, 0.4) is 0 Å². The van der Waals surface area contributed by atoms with Gasteiger partial charge in [0, 0.05) is 26.3 Å². The fourth-order valence-corrected chi connectivity index (χ4v) is 9.63. The zero-order valence-electron chi connectivity index (χ0n) is 16.6. The molecule has 4 atom stereocenters. The van der Waals surface area contributed by atoms with Crippen LogP contribution in [0.2, 0.25) is 0 Å². The van der Waals surface area contributed by atoms with E-state index in [0.717, 1.165) is 38.5 Å². The molecule has 2 N–H and O–H groups in total. The third kappa shape index (κ3) is 1.39. The van der Waals surface area contributed by atoms with Crippen LogP contribution in [0.15, 0.2) is 0 Å². The molecule has 0 saturated heterocycles. The molecule has 2 amide bonds. The minimum atomic E-state index is -0.0678. The highest BCUT2D eigenvalue weighted by Crippen LogP contribution is 3.10. The van der Waals surface area contributed by atoms with Gasteiger partial charge in [-0.3, -0.25) is 9.59 Å². The van der Waals surface area contributed by atoms with Crippen LogP contribution >= 0.6 is 0 Å². The second-order valence-electron chi connectivity index (χ2n) is 10.7. The maximum Gasteiger partial charge on any atom is 0.227 e. The van der Waals surface area contributed by atoms with Gasteiger partial charge in [0.05, 0.1) is 23.0 Å². The van der Waals surface area contributed by atoms with Crippen LogP contribution in [-0.2, 0) is 19.1 Å². The smallest absolute Gasteiger partial charge is 0.227 e. The molecule has 8 aliphatic carbocycles. The fraction of sp³-hybridized carbons (Fsp3) is 0.909. The van der Waals surface area contributed by atoms with E-state index in [4.69, 9.17) is 9.47 Å². The summed E-state index contributed by atoms with van der Waals surface area (Å²) >= 11 is 0. The predicted octanol–water partition coefficient (Wildman–Crippen LogP) is 1.09. The quantitative estimate of drug-likeness (QED) is 0.717. The Morgan fingerprint density at radius 2 is 1.04 bits per heavy atom. The molecule has 0 radical (unpaired) electrons. The molecule has 28 heavy (non-hydrogen) atoms. The van der Waals surface area contributed by atoms with E-state index in [2.05, 4.69) is 10.6 Å². The summed E-state index contributed by atoms with van der Waals surface area (Å²) in [6, 6.07) is 0.567. The Morgan fingerprint density at radius 3 is 1.32 bits per heavy atom. The monoisotopic (exact) mass is 386 g/mol. The summed E-state index contributed by atoms with van der Waals surface area (Å²) in [6.07, 6.45) is 6.67. The fourth-order valence-electron chi connectivity index (χ4n) is 9.63. The van der Waals surface area contributed by atoms with Crippen LogP contribution in [0.25, 0.3) is 0 Å². The van der Waals surface area contributed by atoms with Gasteiger partial charge in [-0.15, -0.1) is 0 Å². The summed E-state index contributed by atoms with van der Waals surface area (Å²) in [5.41, 5.74) is -0.136. The number of amides is 2. The van der Waals surface area contributed by atoms with Crippen LogP contribution in [-0.4, -0.2) is 50.3 Å². The van der Waals surface area contributed by atoms with Gasteiger partial charge in [-0.1, -0.05) is 0 Å². The summed E-state index contributed by atoms with van der Waals surface area (Å²) in [5, 5.41) is 6.72. The van der Waals surface area contributed by atoms with E-state index in [9.17, 15) is 9.59 Å². The van der Waals surface area contributed by atoms with Crippen molar-refractivity contribution in [3.05, 3.63) is 0 Å². The van der Waals surface area contributed by atoms with Crippen LogP contribution < -0.4 is 10.6 Å². The van der Waals surface area contributed by atoms with Crippen molar-refractivity contribution in [3.8, 4) is 0 Å². The van der Waals surface area contributed by atoms with Gasteiger partial charge in [0.25, 0.3) is 0 Å². The number of carbonyl (C=O) groups is 2. The van der Waals surface area contributed by atoms with Gasteiger partial charge in [0.2, 0.25) is 11.8 Å². The predicted molar refractivity (Wildman–Crippen MR) is 99.0 cm³/mol. The van der Waals surface area contributed by atoms with E-state index in [1.807, 2.05) is 0 Å². The first-order chi connectivity index (χ1) is 13.6. The van der Waals surface area contributed by atoms with E-state index in [1.54, 1.807) is 14.2 Å². The van der Waals surface area contributed by atoms with Crippen molar-refractivity contribution in [1.82, 2.24) is 10.6 Å². The SMILES string of the molecule is COC1CCC(NC(=O)C23C4C5C2C2C3C4C52C(=O)NC2CCC(OC)C2)C1. The first kappa shape index (κ1) is 16.6. The average molecular weight is 386 g/mol. The zero-order valence-corrected chi connectivity index (χ0v) is 16.6. The minimum Gasteiger partial charge on any atom is -0.381 e. The lowest BCUT2D eigenvalue weighted by molar-refractivity contribution is -0.624. The Kier molecular flexibility index (Phi) is 2.94. The van der Waals surface area contributed by atoms with Gasteiger partial charge in [-0.05, 0) is 74.0 Å². The zero-order chi connectivity index (χ0) is 19.0. The Labute approximate surface area is 165 Å². The first-order valence-corrected chi connectivity index (χ1v) is 11.3. The summed E-state index contributed by atoms with van der Waals surface area (Å²) in [4.78, 5) is 26.3. The number of hydrogen-bond acceptors (Lipinski definition) is 4. The van der Waals surface area contributed by atoms with Crippen LogP contribution in [0, 0.1) is 46.3 Å². The summed E-state index contributed by atoms with van der Waals surface area (Å²) < 4.78 is 10.9. The van der Waals surface area contributed by atoms with Gasteiger partial charge in [0.1, 0.15) is 0 Å². The number of ether oxygens (including phenoxy) is 2. The number of methoxy groups -OCH3 is 2. The second-order valence-corrected chi connectivity index (χ2v) is 10.7. The normalized spacial score (nSPS) is 60.5. The van der Waals surface area contributed by atoms with Crippen LogP contribution in [0.1, 0.15) is 38.5 Å². The molecule has 8 aliphatic rings. The lowest BCUT2D eigenvalue weighted by Crippen LogP contribution is -3.12. The van der Waals surface area contributed by atoms with Gasteiger partial charge in [-0.2, -0.15) is 0 Å². The number of hydrogen-bond donors (Lipinski definition) is 2. The molecule has 8 fully saturated rings. The Balaban J connectivity index is 1.01. The second kappa shape index (κ2) is 4.94. The minimum absolute atomic E-state index is 0.0678. The molecular weight excluding hydrogens is 356 g/mol. The van der Waals surface area contributed by atoms with Crippen molar-refractivity contribution in [2.75, 3.05) is 14.2 Å². The molecule has 0 spiro atoms. The van der Waals surface area contributed by atoms with Gasteiger partial charge in [0.15, 0.2) is 0 Å². The molecule has 0 aromatic carbocycles. The molecular formula is C22H30N2O4. The van der Waals surface area contributed by atoms with Gasteiger partial charge < -0.3 is 20.1 Å². The summed E-state index contributed by atoms with van der Waals surface area (Å²) in [6.45, 7) is 0. The average Bonchev–Trinajstić information content (AvgIpc) is 3.36. The van der Waals surface area contributed by atoms with Crippen molar-refractivity contribution in [1.29, 1.82) is 0 Å². The largest absolute Gasteiger partial charge is 0.381 e. The molecule has 4 unspecified atom stereocenters. The number of carbonyl (C=O) groups excluding carboxylic acids is 2. The van der Waals surface area contributed by atoms with E-state index in [-0.39, 0.29) is 22.9 Å². The third-order valence-corrected chi connectivity index (χ3v) is 10.5. The lowest BCUT2D eigenvalue weighted by Gasteiger charge is -3.09. The van der Waals surface area contributed by atoms with Gasteiger partial charge in [-0.25, -0.2) is 0 Å². The topological polar surface area (TPSA) is 76.7 Å². The molecule has 0 aliphatic heterocycles. The van der Waals surface area contributed by atoms with E-state index < -0.39 is 0 Å². The molecule has 6 heteroatoms. The van der Waals surface area contributed by atoms with E-state index >= 15 is 0 Å². The molecule has 8 rings (SSSR count). The van der Waals surface area contributed by atoms with Crippen molar-refractivity contribution < 1.29 is 19.1 Å². The number of rotatable bonds is 6. The standard InChI is InChI=1S/C22H30N2O4/c1-27-11-5-3-9(7-11)23-19(25)21-13-16-14(21)18-15(21)17(13)22(16,18)20(26)24-10-4-6-12(8-10)28-2/h9-18H,3-8H2,1-2H3,(H,23,25)(H,24,26). The van der Waals surface area contributed by atoms with Crippen LogP contribution in [0.5, 0.6) is 0 Å². The molecule has 6 nitrogen and oxygen atoms in total. The molecule has 0 aromatic heterocycles. The maximum atomic E-state index is 13.1.